The Bertz CT molecular complexity index is 435. The second kappa shape index (κ2) is 6.00. The molecule has 3 N–H and O–H groups in total. The van der Waals surface area contributed by atoms with Crippen LogP contribution in [0, 0.1) is 5.92 Å². The molecule has 0 aliphatic heterocycles. The van der Waals surface area contributed by atoms with Gasteiger partial charge in [0.1, 0.15) is 0 Å². The number of hydrogen-bond donors (Lipinski definition) is 2. The van der Waals surface area contributed by atoms with E-state index in [2.05, 4.69) is 10.3 Å². The smallest absolute Gasteiger partial charge is 0.293 e. The van der Waals surface area contributed by atoms with Crippen LogP contribution in [0.15, 0.2) is 17.2 Å². The van der Waals surface area contributed by atoms with Crippen LogP contribution in [0.5, 0.6) is 0 Å². The molecule has 1 fully saturated rings. The lowest BCUT2D eigenvalue weighted by molar-refractivity contribution is 0.338. The van der Waals surface area contributed by atoms with Crippen LogP contribution in [-0.4, -0.2) is 22.1 Å². The van der Waals surface area contributed by atoms with Gasteiger partial charge in [-0.05, 0) is 38.5 Å². The van der Waals surface area contributed by atoms with Crippen LogP contribution in [0.25, 0.3) is 0 Å². The fourth-order valence-corrected chi connectivity index (χ4v) is 2.45. The molecule has 100 valence electrons. The zero-order valence-corrected chi connectivity index (χ0v) is 10.9. The number of rotatable bonds is 4. The number of nitrogens with one attached hydrogen (secondary N) is 1. The van der Waals surface area contributed by atoms with Crippen LogP contribution < -0.4 is 16.6 Å². The van der Waals surface area contributed by atoms with Gasteiger partial charge in [-0.2, -0.15) is 0 Å². The lowest BCUT2D eigenvalue weighted by Crippen LogP contribution is -2.31. The summed E-state index contributed by atoms with van der Waals surface area (Å²) in [5, 5.41) is 3.19. The summed E-state index contributed by atoms with van der Waals surface area (Å²) >= 11 is 0. The van der Waals surface area contributed by atoms with Crippen molar-refractivity contribution in [3.63, 3.8) is 0 Å². The third-order valence-electron chi connectivity index (χ3n) is 3.70. The van der Waals surface area contributed by atoms with Gasteiger partial charge in [-0.25, -0.2) is 4.98 Å². The molecule has 1 aliphatic rings. The van der Waals surface area contributed by atoms with Crippen LogP contribution >= 0.6 is 0 Å². The van der Waals surface area contributed by atoms with Crippen LogP contribution in [-0.2, 0) is 6.54 Å². The Kier molecular flexibility index (Phi) is 4.36. The Morgan fingerprint density at radius 2 is 2.17 bits per heavy atom. The van der Waals surface area contributed by atoms with Crippen LogP contribution in [0.4, 0.5) is 5.82 Å². The minimum Gasteiger partial charge on any atom is -0.365 e. The maximum absolute atomic E-state index is 11.9. The normalized spacial score (nSPS) is 23.9. The van der Waals surface area contributed by atoms with Crippen molar-refractivity contribution in [3.05, 3.63) is 22.7 Å². The molecule has 0 saturated heterocycles. The van der Waals surface area contributed by atoms with E-state index >= 15 is 0 Å². The first kappa shape index (κ1) is 13.1. The van der Waals surface area contributed by atoms with Gasteiger partial charge in [-0.1, -0.05) is 0 Å². The van der Waals surface area contributed by atoms with Crippen molar-refractivity contribution in [2.24, 2.45) is 11.7 Å². The first-order valence-electron chi connectivity index (χ1n) is 6.75. The summed E-state index contributed by atoms with van der Waals surface area (Å²) in [7, 11) is 0. The van der Waals surface area contributed by atoms with Gasteiger partial charge < -0.3 is 15.6 Å². The van der Waals surface area contributed by atoms with Crippen molar-refractivity contribution >= 4 is 5.82 Å². The van der Waals surface area contributed by atoms with E-state index in [1.807, 2.05) is 6.92 Å². The second-order valence-electron chi connectivity index (χ2n) is 5.03. The molecule has 2 rings (SSSR count). The highest BCUT2D eigenvalue weighted by Gasteiger charge is 2.18. The molecule has 0 radical (unpaired) electrons. The van der Waals surface area contributed by atoms with Gasteiger partial charge in [0.25, 0.3) is 5.56 Å². The van der Waals surface area contributed by atoms with Crippen molar-refractivity contribution in [1.29, 1.82) is 0 Å². The van der Waals surface area contributed by atoms with E-state index in [-0.39, 0.29) is 5.56 Å². The van der Waals surface area contributed by atoms with Crippen molar-refractivity contribution in [2.45, 2.75) is 45.2 Å². The lowest BCUT2D eigenvalue weighted by Gasteiger charge is -2.26. The molecule has 0 aromatic carbocycles. The molecule has 1 aromatic rings. The number of aryl methyl sites for hydroxylation is 1. The number of nitrogens with two attached hydrogens (primary N) is 1. The molecular formula is C13H22N4O. The molecule has 0 bridgehead atoms. The highest BCUT2D eigenvalue weighted by molar-refractivity contribution is 5.30. The lowest BCUT2D eigenvalue weighted by atomic mass is 9.86. The van der Waals surface area contributed by atoms with Gasteiger partial charge in [-0.3, -0.25) is 4.79 Å². The van der Waals surface area contributed by atoms with E-state index in [0.29, 0.717) is 24.3 Å². The molecule has 1 heterocycles. The Labute approximate surface area is 107 Å². The molecule has 0 atom stereocenters. The summed E-state index contributed by atoms with van der Waals surface area (Å²) in [5.74, 6) is 1.08. The quantitative estimate of drug-likeness (QED) is 0.842. The third kappa shape index (κ3) is 3.10. The van der Waals surface area contributed by atoms with Gasteiger partial charge in [0.05, 0.1) is 0 Å². The molecule has 5 heteroatoms. The highest BCUT2D eigenvalue weighted by Crippen LogP contribution is 2.22. The molecule has 0 unspecified atom stereocenters. The van der Waals surface area contributed by atoms with Crippen molar-refractivity contribution in [1.82, 2.24) is 9.55 Å². The maximum Gasteiger partial charge on any atom is 0.293 e. The summed E-state index contributed by atoms with van der Waals surface area (Å²) in [6, 6.07) is 0.369. The summed E-state index contributed by atoms with van der Waals surface area (Å²) in [4.78, 5) is 16.1. The fraction of sp³-hybridized carbons (Fsp3) is 0.692. The average Bonchev–Trinajstić information content (AvgIpc) is 2.39. The Morgan fingerprint density at radius 1 is 1.44 bits per heavy atom. The molecule has 1 aliphatic carbocycles. The van der Waals surface area contributed by atoms with E-state index in [9.17, 15) is 4.79 Å². The molecule has 1 saturated carbocycles. The van der Waals surface area contributed by atoms with Gasteiger partial charge in [0.15, 0.2) is 5.82 Å². The van der Waals surface area contributed by atoms with Crippen LogP contribution in [0.1, 0.15) is 32.6 Å². The predicted octanol–water partition coefficient (Wildman–Crippen LogP) is 1.19. The van der Waals surface area contributed by atoms with Crippen LogP contribution in [0.2, 0.25) is 0 Å². The molecule has 18 heavy (non-hydrogen) atoms. The van der Waals surface area contributed by atoms with E-state index in [1.54, 1.807) is 17.0 Å². The molecule has 1 aromatic heterocycles. The average molecular weight is 250 g/mol. The minimum atomic E-state index is -0.0347. The largest absolute Gasteiger partial charge is 0.365 e. The first-order chi connectivity index (χ1) is 8.70. The van der Waals surface area contributed by atoms with Gasteiger partial charge in [0.2, 0.25) is 0 Å². The number of aromatic nitrogens is 2. The van der Waals surface area contributed by atoms with E-state index in [4.69, 9.17) is 5.73 Å². The molecule has 5 nitrogen and oxygen atoms in total. The highest BCUT2D eigenvalue weighted by atomic mass is 16.1. The molecule has 0 amide bonds. The summed E-state index contributed by atoms with van der Waals surface area (Å²) in [6.45, 7) is 3.45. The third-order valence-corrected chi connectivity index (χ3v) is 3.70. The van der Waals surface area contributed by atoms with E-state index in [0.717, 1.165) is 32.2 Å². The Hall–Kier alpha value is -1.36. The van der Waals surface area contributed by atoms with Crippen molar-refractivity contribution in [3.8, 4) is 0 Å². The predicted molar refractivity (Wildman–Crippen MR) is 72.6 cm³/mol. The van der Waals surface area contributed by atoms with E-state index in [1.165, 1.54) is 0 Å². The standard InChI is InChI=1S/C13H22N4O/c1-2-17-8-7-15-12(13(17)18)16-9-10-3-5-11(14)6-4-10/h7-8,10-11H,2-6,9,14H2,1H3,(H,15,16). The monoisotopic (exact) mass is 250 g/mol. The number of nitrogens with zero attached hydrogens (tertiary/aromatic N) is 2. The number of anilines is 1. The summed E-state index contributed by atoms with van der Waals surface area (Å²) in [5.41, 5.74) is 5.85. The first-order valence-corrected chi connectivity index (χ1v) is 6.75. The Morgan fingerprint density at radius 3 is 2.83 bits per heavy atom. The maximum atomic E-state index is 11.9. The zero-order chi connectivity index (χ0) is 13.0. The van der Waals surface area contributed by atoms with Gasteiger partial charge in [0, 0.05) is 31.5 Å². The minimum absolute atomic E-state index is 0.0347. The fourth-order valence-electron chi connectivity index (χ4n) is 2.45. The summed E-state index contributed by atoms with van der Waals surface area (Å²) in [6.07, 6.45) is 7.85. The van der Waals surface area contributed by atoms with Gasteiger partial charge in [-0.15, -0.1) is 0 Å². The zero-order valence-electron chi connectivity index (χ0n) is 10.9. The second-order valence-corrected chi connectivity index (χ2v) is 5.03. The molecule has 0 spiro atoms. The van der Waals surface area contributed by atoms with Crippen molar-refractivity contribution in [2.75, 3.05) is 11.9 Å². The molecular weight excluding hydrogens is 228 g/mol. The van der Waals surface area contributed by atoms with Crippen LogP contribution in [0.3, 0.4) is 0 Å². The SMILES string of the molecule is CCn1ccnc(NCC2CCC(N)CC2)c1=O. The van der Waals surface area contributed by atoms with E-state index < -0.39 is 0 Å². The summed E-state index contributed by atoms with van der Waals surface area (Å²) < 4.78 is 1.66. The number of hydrogen-bond acceptors (Lipinski definition) is 4. The van der Waals surface area contributed by atoms with Gasteiger partial charge >= 0.3 is 0 Å². The Balaban J connectivity index is 1.92. The van der Waals surface area contributed by atoms with Crippen molar-refractivity contribution < 1.29 is 0 Å². The topological polar surface area (TPSA) is 72.9 Å².